The number of carbonyl (C=O) groups excluding carboxylic acids is 3. The molecule has 0 aromatic heterocycles. The topological polar surface area (TPSA) is 91.0 Å². The highest BCUT2D eigenvalue weighted by Gasteiger charge is 2.58. The van der Waals surface area contributed by atoms with E-state index in [1.807, 2.05) is 73.3 Å². The molecule has 220 valence electrons. The molecule has 0 bridgehead atoms. The molecule has 2 fully saturated rings. The first kappa shape index (κ1) is 29.3. The molecular formula is C34H40N4O4. The Morgan fingerprint density at radius 2 is 1.57 bits per heavy atom. The Morgan fingerprint density at radius 1 is 0.905 bits per heavy atom. The van der Waals surface area contributed by atoms with Crippen LogP contribution in [0.5, 0.6) is 5.75 Å². The zero-order valence-corrected chi connectivity index (χ0v) is 24.6. The Labute approximate surface area is 248 Å². The molecule has 4 atom stereocenters. The fraction of sp³-hybridized carbons (Fsp3) is 0.382. The van der Waals surface area contributed by atoms with Crippen LogP contribution >= 0.6 is 0 Å². The number of Topliss-reactive ketones (excluding diaryl/α,β-unsaturated/α-hetero) is 1. The van der Waals surface area contributed by atoms with Crippen LogP contribution in [0.3, 0.4) is 0 Å². The van der Waals surface area contributed by atoms with Crippen molar-refractivity contribution in [1.82, 2.24) is 20.4 Å². The van der Waals surface area contributed by atoms with Gasteiger partial charge in [-0.3, -0.25) is 9.59 Å². The summed E-state index contributed by atoms with van der Waals surface area (Å²) in [7, 11) is 1.59. The molecule has 2 heterocycles. The van der Waals surface area contributed by atoms with Crippen molar-refractivity contribution in [1.29, 1.82) is 0 Å². The number of likely N-dealkylation sites (tertiary alicyclic amines) is 1. The van der Waals surface area contributed by atoms with Crippen LogP contribution in [0.25, 0.3) is 0 Å². The summed E-state index contributed by atoms with van der Waals surface area (Å²) in [6.07, 6.45) is 0.751. The SMILES string of the molecule is CCCNC(=O)N1C(C(=O)N2CCNCC2)C(c2ccccc2)C(C(=O)c2ccc(OC)cc2)C1c1ccc(C)cc1. The maximum Gasteiger partial charge on any atom is 0.318 e. The number of benzene rings is 3. The lowest BCUT2D eigenvalue weighted by molar-refractivity contribution is -0.136. The number of nitrogens with zero attached hydrogens (tertiary/aromatic N) is 2. The molecular weight excluding hydrogens is 528 g/mol. The van der Waals surface area contributed by atoms with Gasteiger partial charge in [-0.25, -0.2) is 4.79 Å². The van der Waals surface area contributed by atoms with Gasteiger partial charge in [-0.15, -0.1) is 0 Å². The maximum atomic E-state index is 14.7. The summed E-state index contributed by atoms with van der Waals surface area (Å²) in [5.74, 6) is -0.838. The van der Waals surface area contributed by atoms with Crippen molar-refractivity contribution in [3.05, 3.63) is 101 Å². The summed E-state index contributed by atoms with van der Waals surface area (Å²) in [5.41, 5.74) is 3.28. The maximum absolute atomic E-state index is 14.7. The molecule has 42 heavy (non-hydrogen) atoms. The van der Waals surface area contributed by atoms with E-state index in [9.17, 15) is 14.4 Å². The molecule has 0 saturated carbocycles. The monoisotopic (exact) mass is 568 g/mol. The van der Waals surface area contributed by atoms with E-state index >= 15 is 0 Å². The summed E-state index contributed by atoms with van der Waals surface area (Å²) in [5, 5.41) is 6.35. The van der Waals surface area contributed by atoms with Crippen molar-refractivity contribution < 1.29 is 19.1 Å². The Hall–Kier alpha value is -4.17. The highest BCUT2D eigenvalue weighted by Crippen LogP contribution is 2.51. The van der Waals surface area contributed by atoms with Crippen LogP contribution in [0.4, 0.5) is 4.79 Å². The van der Waals surface area contributed by atoms with Gasteiger partial charge in [0.05, 0.1) is 19.1 Å². The third-order valence-electron chi connectivity index (χ3n) is 8.39. The van der Waals surface area contributed by atoms with Crippen LogP contribution < -0.4 is 15.4 Å². The predicted octanol–water partition coefficient (Wildman–Crippen LogP) is 4.56. The van der Waals surface area contributed by atoms with Crippen molar-refractivity contribution in [2.24, 2.45) is 5.92 Å². The highest BCUT2D eigenvalue weighted by atomic mass is 16.5. The number of amides is 3. The lowest BCUT2D eigenvalue weighted by Gasteiger charge is -2.36. The molecule has 0 radical (unpaired) electrons. The number of ether oxygens (including phenoxy) is 1. The van der Waals surface area contributed by atoms with Crippen LogP contribution in [0.2, 0.25) is 0 Å². The van der Waals surface area contributed by atoms with Crippen molar-refractivity contribution in [3.8, 4) is 5.75 Å². The standard InChI is InChI=1S/C34H40N4O4/c1-4-18-36-34(41)38-30(25-12-10-23(2)11-13-25)29(32(39)26-14-16-27(42-3)17-15-26)28(24-8-6-5-7-9-24)31(38)33(40)37-21-19-35-20-22-37/h5-17,28-31,35H,4,18-22H2,1-3H3,(H,36,41). The predicted molar refractivity (Wildman–Crippen MR) is 163 cm³/mol. The minimum atomic E-state index is -0.860. The number of hydrogen-bond acceptors (Lipinski definition) is 5. The summed E-state index contributed by atoms with van der Waals surface area (Å²) in [4.78, 5) is 46.8. The van der Waals surface area contributed by atoms with E-state index in [0.29, 0.717) is 44.0 Å². The lowest BCUT2D eigenvalue weighted by atomic mass is 9.76. The Kier molecular flexibility index (Phi) is 9.22. The van der Waals surface area contributed by atoms with Crippen LogP contribution in [0, 0.1) is 12.8 Å². The summed E-state index contributed by atoms with van der Waals surface area (Å²) >= 11 is 0. The molecule has 3 amide bonds. The van der Waals surface area contributed by atoms with Crippen LogP contribution in [-0.4, -0.2) is 73.4 Å². The van der Waals surface area contributed by atoms with Gasteiger partial charge in [0, 0.05) is 44.2 Å². The van der Waals surface area contributed by atoms with Gasteiger partial charge < -0.3 is 25.2 Å². The van der Waals surface area contributed by atoms with E-state index in [-0.39, 0.29) is 17.7 Å². The molecule has 4 unspecified atom stereocenters. The van der Waals surface area contributed by atoms with E-state index in [2.05, 4.69) is 10.6 Å². The van der Waals surface area contributed by atoms with Crippen molar-refractivity contribution in [2.45, 2.75) is 38.3 Å². The fourth-order valence-corrected chi connectivity index (χ4v) is 6.28. The second-order valence-corrected chi connectivity index (χ2v) is 11.1. The lowest BCUT2D eigenvalue weighted by Crippen LogP contribution is -2.56. The zero-order valence-electron chi connectivity index (χ0n) is 24.6. The quantitative estimate of drug-likeness (QED) is 0.389. The van der Waals surface area contributed by atoms with E-state index in [4.69, 9.17) is 4.74 Å². The Morgan fingerprint density at radius 3 is 2.19 bits per heavy atom. The van der Waals surface area contributed by atoms with E-state index in [1.165, 1.54) is 0 Å². The van der Waals surface area contributed by atoms with Crippen molar-refractivity contribution >= 4 is 17.7 Å². The molecule has 5 rings (SSSR count). The molecule has 2 aliphatic rings. The first-order valence-electron chi connectivity index (χ1n) is 14.8. The largest absolute Gasteiger partial charge is 0.497 e. The normalized spacial score (nSPS) is 22.1. The number of ketones is 1. The number of urea groups is 1. The van der Waals surface area contributed by atoms with Crippen LogP contribution in [0.15, 0.2) is 78.9 Å². The minimum absolute atomic E-state index is 0.110. The van der Waals surface area contributed by atoms with Gasteiger partial charge >= 0.3 is 6.03 Å². The Bertz CT molecular complexity index is 1370. The highest BCUT2D eigenvalue weighted by molar-refractivity contribution is 6.02. The molecule has 2 saturated heterocycles. The molecule has 3 aromatic carbocycles. The van der Waals surface area contributed by atoms with Crippen LogP contribution in [-0.2, 0) is 4.79 Å². The summed E-state index contributed by atoms with van der Waals surface area (Å²) < 4.78 is 5.34. The molecule has 8 nitrogen and oxygen atoms in total. The number of carbonyl (C=O) groups is 3. The molecule has 0 spiro atoms. The average molecular weight is 569 g/mol. The number of nitrogens with one attached hydrogen (secondary N) is 2. The number of rotatable bonds is 8. The van der Waals surface area contributed by atoms with Crippen LogP contribution in [0.1, 0.15) is 52.4 Å². The number of aryl methyl sites for hydroxylation is 1. The summed E-state index contributed by atoms with van der Waals surface area (Å²) in [6.45, 7) is 6.94. The van der Waals surface area contributed by atoms with Gasteiger partial charge in [-0.1, -0.05) is 67.1 Å². The molecule has 3 aromatic rings. The minimum Gasteiger partial charge on any atom is -0.497 e. The molecule has 8 heteroatoms. The van der Waals surface area contributed by atoms with Gasteiger partial charge in [0.1, 0.15) is 11.8 Å². The van der Waals surface area contributed by atoms with E-state index in [0.717, 1.165) is 23.1 Å². The van der Waals surface area contributed by atoms with Crippen molar-refractivity contribution in [3.63, 3.8) is 0 Å². The van der Waals surface area contributed by atoms with Gasteiger partial charge in [0.2, 0.25) is 5.91 Å². The summed E-state index contributed by atoms with van der Waals surface area (Å²) in [6, 6.07) is 22.9. The second-order valence-electron chi connectivity index (χ2n) is 11.1. The van der Waals surface area contributed by atoms with E-state index in [1.54, 1.807) is 36.3 Å². The van der Waals surface area contributed by atoms with Gasteiger partial charge in [0.15, 0.2) is 5.78 Å². The molecule has 2 N–H and O–H groups in total. The van der Waals surface area contributed by atoms with Gasteiger partial charge in [0.25, 0.3) is 0 Å². The smallest absolute Gasteiger partial charge is 0.318 e. The van der Waals surface area contributed by atoms with Crippen molar-refractivity contribution in [2.75, 3.05) is 39.8 Å². The number of methoxy groups -OCH3 is 1. The first-order chi connectivity index (χ1) is 20.4. The van der Waals surface area contributed by atoms with E-state index < -0.39 is 23.9 Å². The molecule has 0 aliphatic carbocycles. The molecule has 2 aliphatic heterocycles. The van der Waals surface area contributed by atoms with Gasteiger partial charge in [-0.2, -0.15) is 0 Å². The number of hydrogen-bond donors (Lipinski definition) is 2. The average Bonchev–Trinajstić information content (AvgIpc) is 3.40. The third-order valence-corrected chi connectivity index (χ3v) is 8.39. The first-order valence-corrected chi connectivity index (χ1v) is 14.8. The second kappa shape index (κ2) is 13.2. The van der Waals surface area contributed by atoms with Gasteiger partial charge in [-0.05, 0) is 48.7 Å². The zero-order chi connectivity index (χ0) is 29.6. The number of piperazine rings is 1. The Balaban J connectivity index is 1.72. The fourth-order valence-electron chi connectivity index (χ4n) is 6.28. The third kappa shape index (κ3) is 5.90.